The standard InChI is InChI=1S/C20H30N2O4S/c1-2-26-18-11-15-21(16-12-18)20(23)10-7-17-5-8-19(9-6-17)27(24,25)22-13-3-4-14-22/h5-6,8-9,18H,2-4,7,10-16H2,1H3. The summed E-state index contributed by atoms with van der Waals surface area (Å²) >= 11 is 0. The molecule has 2 aliphatic rings. The number of hydrogen-bond acceptors (Lipinski definition) is 4. The summed E-state index contributed by atoms with van der Waals surface area (Å²) in [6, 6.07) is 7.00. The van der Waals surface area contributed by atoms with Crippen LogP contribution in [0.1, 0.15) is 44.6 Å². The molecular formula is C20H30N2O4S. The second-order valence-electron chi connectivity index (χ2n) is 7.29. The smallest absolute Gasteiger partial charge is 0.243 e. The largest absolute Gasteiger partial charge is 0.378 e. The molecule has 0 N–H and O–H groups in total. The third-order valence-corrected chi connectivity index (χ3v) is 7.36. The molecule has 2 heterocycles. The Morgan fingerprint density at radius 2 is 1.70 bits per heavy atom. The first-order valence-corrected chi connectivity index (χ1v) is 11.4. The fourth-order valence-electron chi connectivity index (χ4n) is 3.82. The number of rotatable bonds is 7. The van der Waals surface area contributed by atoms with E-state index in [4.69, 9.17) is 4.74 Å². The summed E-state index contributed by atoms with van der Waals surface area (Å²) in [6.07, 6.45) is 5.05. The van der Waals surface area contributed by atoms with Gasteiger partial charge in [-0.25, -0.2) is 8.42 Å². The number of hydrogen-bond donors (Lipinski definition) is 0. The first-order valence-electron chi connectivity index (χ1n) is 9.99. The Morgan fingerprint density at radius 3 is 2.30 bits per heavy atom. The molecule has 0 radical (unpaired) electrons. The van der Waals surface area contributed by atoms with Crippen molar-refractivity contribution in [1.82, 2.24) is 9.21 Å². The van der Waals surface area contributed by atoms with Crippen LogP contribution in [0.4, 0.5) is 0 Å². The molecule has 150 valence electrons. The van der Waals surface area contributed by atoms with Gasteiger partial charge in [-0.15, -0.1) is 0 Å². The molecular weight excluding hydrogens is 364 g/mol. The average molecular weight is 395 g/mol. The molecule has 2 saturated heterocycles. The number of sulfonamides is 1. The van der Waals surface area contributed by atoms with Crippen LogP contribution in [0.3, 0.4) is 0 Å². The van der Waals surface area contributed by atoms with E-state index in [9.17, 15) is 13.2 Å². The Kier molecular flexibility index (Phi) is 6.89. The lowest BCUT2D eigenvalue weighted by Crippen LogP contribution is -2.41. The summed E-state index contributed by atoms with van der Waals surface area (Å²) in [6.45, 7) is 5.46. The molecule has 1 aromatic carbocycles. The number of carbonyl (C=O) groups is 1. The third-order valence-electron chi connectivity index (χ3n) is 5.45. The van der Waals surface area contributed by atoms with Crippen LogP contribution in [0.15, 0.2) is 29.2 Å². The minimum Gasteiger partial charge on any atom is -0.378 e. The van der Waals surface area contributed by atoms with Gasteiger partial charge >= 0.3 is 0 Å². The summed E-state index contributed by atoms with van der Waals surface area (Å²) in [5.74, 6) is 0.165. The van der Waals surface area contributed by atoms with Crippen molar-refractivity contribution < 1.29 is 17.9 Å². The van der Waals surface area contributed by atoms with Crippen molar-refractivity contribution in [3.05, 3.63) is 29.8 Å². The van der Waals surface area contributed by atoms with Crippen molar-refractivity contribution >= 4 is 15.9 Å². The topological polar surface area (TPSA) is 66.9 Å². The van der Waals surface area contributed by atoms with E-state index in [1.54, 1.807) is 16.4 Å². The maximum atomic E-state index is 12.5. The van der Waals surface area contributed by atoms with Gasteiger partial charge in [-0.1, -0.05) is 12.1 Å². The molecule has 1 amide bonds. The van der Waals surface area contributed by atoms with Gasteiger partial charge < -0.3 is 9.64 Å². The molecule has 0 aromatic heterocycles. The SMILES string of the molecule is CCOC1CCN(C(=O)CCc2ccc(S(=O)(=O)N3CCCC3)cc2)CC1. The van der Waals surface area contributed by atoms with E-state index in [0.29, 0.717) is 30.8 Å². The Bertz CT molecular complexity index is 719. The van der Waals surface area contributed by atoms with Gasteiger partial charge in [0.1, 0.15) is 0 Å². The van der Waals surface area contributed by atoms with Crippen LogP contribution in [0.2, 0.25) is 0 Å². The Balaban J connectivity index is 1.49. The summed E-state index contributed by atoms with van der Waals surface area (Å²) in [5, 5.41) is 0. The summed E-state index contributed by atoms with van der Waals surface area (Å²) in [4.78, 5) is 14.7. The number of carbonyl (C=O) groups excluding carboxylic acids is 1. The number of likely N-dealkylation sites (tertiary alicyclic amines) is 1. The monoisotopic (exact) mass is 394 g/mol. The molecule has 0 bridgehead atoms. The van der Waals surface area contributed by atoms with Crippen LogP contribution in [0.5, 0.6) is 0 Å². The van der Waals surface area contributed by atoms with Crippen molar-refractivity contribution in [1.29, 1.82) is 0 Å². The van der Waals surface area contributed by atoms with E-state index < -0.39 is 10.0 Å². The molecule has 6 nitrogen and oxygen atoms in total. The van der Waals surface area contributed by atoms with Gasteiger partial charge in [-0.05, 0) is 56.7 Å². The number of aryl methyl sites for hydroxylation is 1. The second-order valence-corrected chi connectivity index (χ2v) is 9.23. The molecule has 0 atom stereocenters. The number of piperidine rings is 1. The van der Waals surface area contributed by atoms with Gasteiger partial charge in [-0.3, -0.25) is 4.79 Å². The molecule has 3 rings (SSSR count). The zero-order chi connectivity index (χ0) is 19.3. The van der Waals surface area contributed by atoms with E-state index in [0.717, 1.165) is 50.9 Å². The molecule has 7 heteroatoms. The van der Waals surface area contributed by atoms with E-state index in [1.165, 1.54) is 0 Å². The highest BCUT2D eigenvalue weighted by Crippen LogP contribution is 2.21. The molecule has 2 fully saturated rings. The highest BCUT2D eigenvalue weighted by molar-refractivity contribution is 7.89. The van der Waals surface area contributed by atoms with Crippen molar-refractivity contribution in [2.45, 2.75) is 56.4 Å². The lowest BCUT2D eigenvalue weighted by atomic mass is 10.1. The van der Waals surface area contributed by atoms with Crippen LogP contribution < -0.4 is 0 Å². The van der Waals surface area contributed by atoms with Gasteiger partial charge in [0.2, 0.25) is 15.9 Å². The summed E-state index contributed by atoms with van der Waals surface area (Å²) in [7, 11) is -3.37. The number of amides is 1. The predicted molar refractivity (Wildman–Crippen MR) is 104 cm³/mol. The first kappa shape index (κ1) is 20.3. The Labute approximate surface area is 162 Å². The lowest BCUT2D eigenvalue weighted by Gasteiger charge is -2.31. The number of benzene rings is 1. The van der Waals surface area contributed by atoms with Crippen LogP contribution in [-0.4, -0.2) is 62.4 Å². The number of ether oxygens (including phenoxy) is 1. The van der Waals surface area contributed by atoms with Crippen LogP contribution in [0.25, 0.3) is 0 Å². The van der Waals surface area contributed by atoms with Gasteiger partial charge in [0, 0.05) is 39.2 Å². The van der Waals surface area contributed by atoms with Crippen molar-refractivity contribution in [2.24, 2.45) is 0 Å². The van der Waals surface area contributed by atoms with Crippen LogP contribution >= 0.6 is 0 Å². The Hall–Kier alpha value is -1.44. The first-order chi connectivity index (χ1) is 13.0. The van der Waals surface area contributed by atoms with Gasteiger partial charge in [-0.2, -0.15) is 4.31 Å². The fraction of sp³-hybridized carbons (Fsp3) is 0.650. The Morgan fingerprint density at radius 1 is 1.07 bits per heavy atom. The average Bonchev–Trinajstić information content (AvgIpc) is 3.23. The van der Waals surface area contributed by atoms with Gasteiger partial charge in [0.05, 0.1) is 11.0 Å². The summed E-state index contributed by atoms with van der Waals surface area (Å²) in [5.41, 5.74) is 0.993. The van der Waals surface area contributed by atoms with Gasteiger partial charge in [0.15, 0.2) is 0 Å². The molecule has 0 aliphatic carbocycles. The lowest BCUT2D eigenvalue weighted by molar-refractivity contribution is -0.133. The minimum absolute atomic E-state index is 0.165. The zero-order valence-corrected chi connectivity index (χ0v) is 16.9. The minimum atomic E-state index is -3.37. The molecule has 0 spiro atoms. The molecule has 0 unspecified atom stereocenters. The second kappa shape index (κ2) is 9.17. The van der Waals surface area contributed by atoms with E-state index in [-0.39, 0.29) is 12.0 Å². The normalized spacial score (nSPS) is 19.5. The molecule has 2 aliphatic heterocycles. The third kappa shape index (κ3) is 5.09. The van der Waals surface area contributed by atoms with Crippen LogP contribution in [-0.2, 0) is 26.0 Å². The maximum absolute atomic E-state index is 12.5. The van der Waals surface area contributed by atoms with Gasteiger partial charge in [0.25, 0.3) is 0 Å². The molecule has 0 saturated carbocycles. The van der Waals surface area contributed by atoms with E-state index >= 15 is 0 Å². The van der Waals surface area contributed by atoms with Crippen LogP contribution in [0, 0.1) is 0 Å². The molecule has 1 aromatic rings. The zero-order valence-electron chi connectivity index (χ0n) is 16.1. The highest BCUT2D eigenvalue weighted by atomic mass is 32.2. The van der Waals surface area contributed by atoms with Crippen molar-refractivity contribution in [3.8, 4) is 0 Å². The highest BCUT2D eigenvalue weighted by Gasteiger charge is 2.27. The quantitative estimate of drug-likeness (QED) is 0.712. The maximum Gasteiger partial charge on any atom is 0.243 e. The van der Waals surface area contributed by atoms with Crippen molar-refractivity contribution in [3.63, 3.8) is 0 Å². The van der Waals surface area contributed by atoms with E-state index in [2.05, 4.69) is 0 Å². The fourth-order valence-corrected chi connectivity index (χ4v) is 5.34. The summed E-state index contributed by atoms with van der Waals surface area (Å²) < 4.78 is 32.3. The van der Waals surface area contributed by atoms with Crippen molar-refractivity contribution in [2.75, 3.05) is 32.8 Å². The molecule has 27 heavy (non-hydrogen) atoms. The number of nitrogens with zero attached hydrogens (tertiary/aromatic N) is 2. The van der Waals surface area contributed by atoms with E-state index in [1.807, 2.05) is 24.0 Å². The predicted octanol–water partition coefficient (Wildman–Crippen LogP) is 2.43.